The summed E-state index contributed by atoms with van der Waals surface area (Å²) >= 11 is 1.50. The zero-order valence-electron chi connectivity index (χ0n) is 16.7. The Kier molecular flexibility index (Phi) is 6.62. The highest BCUT2D eigenvalue weighted by molar-refractivity contribution is 7.10. The monoisotopic (exact) mass is 404 g/mol. The van der Waals surface area contributed by atoms with Gasteiger partial charge in [-0.2, -0.15) is 0 Å². The quantitative estimate of drug-likeness (QED) is 0.526. The molecule has 1 aromatic heterocycles. The number of hydrogen-bond acceptors (Lipinski definition) is 3. The molecule has 3 aromatic rings. The molecule has 0 aliphatic carbocycles. The van der Waals surface area contributed by atoms with Crippen molar-refractivity contribution in [1.82, 2.24) is 5.32 Å². The van der Waals surface area contributed by atoms with Crippen molar-refractivity contribution in [2.45, 2.75) is 26.7 Å². The van der Waals surface area contributed by atoms with Gasteiger partial charge in [-0.05, 0) is 60.2 Å². The summed E-state index contributed by atoms with van der Waals surface area (Å²) in [4.78, 5) is 26.5. The lowest BCUT2D eigenvalue weighted by molar-refractivity contribution is -0.113. The van der Waals surface area contributed by atoms with Gasteiger partial charge in [0, 0.05) is 16.1 Å². The third-order valence-corrected chi connectivity index (χ3v) is 5.26. The molecule has 2 aromatic carbocycles. The van der Waals surface area contributed by atoms with Crippen molar-refractivity contribution in [2.75, 3.05) is 5.32 Å². The average molecular weight is 405 g/mol. The minimum Gasteiger partial charge on any atom is -0.321 e. The van der Waals surface area contributed by atoms with Crippen LogP contribution in [0.4, 0.5) is 5.69 Å². The van der Waals surface area contributed by atoms with Crippen LogP contribution in [-0.2, 0) is 4.79 Å². The molecular formula is C24H24N2O2S. The fraction of sp³-hybridized carbons (Fsp3) is 0.167. The Hall–Kier alpha value is -3.18. The first-order valence-electron chi connectivity index (χ1n) is 9.47. The van der Waals surface area contributed by atoms with Crippen molar-refractivity contribution >= 4 is 34.9 Å². The Morgan fingerprint density at radius 3 is 2.38 bits per heavy atom. The maximum atomic E-state index is 12.9. The largest absolute Gasteiger partial charge is 0.321 e. The van der Waals surface area contributed by atoms with Crippen molar-refractivity contribution in [2.24, 2.45) is 0 Å². The number of aryl methyl sites for hydroxylation is 1. The third-order valence-electron chi connectivity index (χ3n) is 4.44. The normalized spacial score (nSPS) is 11.4. The number of anilines is 1. The van der Waals surface area contributed by atoms with Crippen LogP contribution in [-0.4, -0.2) is 11.8 Å². The number of carbonyl (C=O) groups is 2. The molecule has 0 unspecified atom stereocenters. The first kappa shape index (κ1) is 20.6. The van der Waals surface area contributed by atoms with E-state index in [1.54, 1.807) is 18.2 Å². The van der Waals surface area contributed by atoms with Crippen molar-refractivity contribution in [1.29, 1.82) is 0 Å². The molecule has 2 amide bonds. The Morgan fingerprint density at radius 2 is 1.76 bits per heavy atom. The van der Waals surface area contributed by atoms with Crippen LogP contribution in [0, 0.1) is 6.92 Å². The van der Waals surface area contributed by atoms with Crippen LogP contribution in [0.1, 0.15) is 46.1 Å². The van der Waals surface area contributed by atoms with E-state index in [2.05, 4.69) is 24.5 Å². The Labute approximate surface area is 175 Å². The minimum atomic E-state index is -0.364. The molecule has 0 fully saturated rings. The number of carbonyl (C=O) groups excluding carboxylic acids is 2. The highest BCUT2D eigenvalue weighted by Gasteiger charge is 2.15. The molecule has 0 aliphatic rings. The number of nitrogens with one attached hydrogen (secondary N) is 2. The van der Waals surface area contributed by atoms with Gasteiger partial charge in [0.2, 0.25) is 0 Å². The molecule has 0 atom stereocenters. The molecule has 1 heterocycles. The minimum absolute atomic E-state index is 0.201. The molecule has 29 heavy (non-hydrogen) atoms. The van der Waals surface area contributed by atoms with Gasteiger partial charge in [0.15, 0.2) is 0 Å². The number of amides is 2. The lowest BCUT2D eigenvalue weighted by atomic mass is 10.0. The van der Waals surface area contributed by atoms with E-state index in [-0.39, 0.29) is 17.5 Å². The van der Waals surface area contributed by atoms with Crippen LogP contribution < -0.4 is 10.6 Å². The Morgan fingerprint density at radius 1 is 1.00 bits per heavy atom. The van der Waals surface area contributed by atoms with E-state index >= 15 is 0 Å². The molecule has 2 N–H and O–H groups in total. The summed E-state index contributed by atoms with van der Waals surface area (Å²) in [6, 6.07) is 18.8. The summed E-state index contributed by atoms with van der Waals surface area (Å²) in [7, 11) is 0. The standard InChI is InChI=1S/C24H24N2O2S/c1-16(2)18-9-11-20(12-10-18)25-24(28)22(15-21-8-5-13-29-21)26-23(27)19-7-4-6-17(3)14-19/h4-16H,1-3H3,(H,25,28)(H,26,27)/b22-15-. The van der Waals surface area contributed by atoms with E-state index in [0.29, 0.717) is 17.2 Å². The van der Waals surface area contributed by atoms with E-state index in [1.165, 1.54) is 16.9 Å². The van der Waals surface area contributed by atoms with Gasteiger partial charge in [0.05, 0.1) is 0 Å². The molecule has 0 aliphatic heterocycles. The van der Waals surface area contributed by atoms with Crippen LogP contribution in [0.5, 0.6) is 0 Å². The smallest absolute Gasteiger partial charge is 0.272 e. The highest BCUT2D eigenvalue weighted by atomic mass is 32.1. The van der Waals surface area contributed by atoms with Crippen LogP contribution in [0.15, 0.2) is 71.7 Å². The first-order valence-corrected chi connectivity index (χ1v) is 10.3. The maximum Gasteiger partial charge on any atom is 0.272 e. The number of hydrogen-bond donors (Lipinski definition) is 2. The highest BCUT2D eigenvalue weighted by Crippen LogP contribution is 2.18. The van der Waals surface area contributed by atoms with Gasteiger partial charge in [-0.15, -0.1) is 11.3 Å². The fourth-order valence-electron chi connectivity index (χ4n) is 2.80. The molecule has 0 radical (unpaired) electrons. The van der Waals surface area contributed by atoms with Crippen LogP contribution in [0.3, 0.4) is 0 Å². The summed E-state index contributed by atoms with van der Waals surface area (Å²) < 4.78 is 0. The van der Waals surface area contributed by atoms with Gasteiger partial charge in [0.25, 0.3) is 11.8 Å². The third kappa shape index (κ3) is 5.65. The van der Waals surface area contributed by atoms with E-state index in [1.807, 2.05) is 60.8 Å². The van der Waals surface area contributed by atoms with E-state index in [0.717, 1.165) is 10.4 Å². The molecule has 3 rings (SSSR count). The lowest BCUT2D eigenvalue weighted by Gasteiger charge is -2.12. The Bertz CT molecular complexity index is 1020. The van der Waals surface area contributed by atoms with Crippen molar-refractivity contribution < 1.29 is 9.59 Å². The lowest BCUT2D eigenvalue weighted by Crippen LogP contribution is -2.30. The van der Waals surface area contributed by atoms with Gasteiger partial charge >= 0.3 is 0 Å². The SMILES string of the molecule is Cc1cccc(C(=O)N/C(=C\c2cccs2)C(=O)Nc2ccc(C(C)C)cc2)c1. The summed E-state index contributed by atoms with van der Waals surface area (Å²) in [5.74, 6) is -0.263. The zero-order chi connectivity index (χ0) is 20.8. The second-order valence-electron chi connectivity index (χ2n) is 7.13. The van der Waals surface area contributed by atoms with Crippen LogP contribution in [0.2, 0.25) is 0 Å². The maximum absolute atomic E-state index is 12.9. The predicted molar refractivity (Wildman–Crippen MR) is 120 cm³/mol. The molecule has 148 valence electrons. The predicted octanol–water partition coefficient (Wildman–Crippen LogP) is 5.59. The number of thiophene rings is 1. The van der Waals surface area contributed by atoms with Gasteiger partial charge in [-0.3, -0.25) is 9.59 Å². The molecule has 5 heteroatoms. The van der Waals surface area contributed by atoms with E-state index in [4.69, 9.17) is 0 Å². The van der Waals surface area contributed by atoms with Crippen molar-refractivity contribution in [3.8, 4) is 0 Å². The second-order valence-corrected chi connectivity index (χ2v) is 8.11. The second kappa shape index (κ2) is 9.34. The van der Waals surface area contributed by atoms with Crippen LogP contribution in [0.25, 0.3) is 6.08 Å². The zero-order valence-corrected chi connectivity index (χ0v) is 17.5. The van der Waals surface area contributed by atoms with Crippen LogP contribution >= 0.6 is 11.3 Å². The van der Waals surface area contributed by atoms with Gasteiger partial charge in [0.1, 0.15) is 5.70 Å². The molecule has 0 spiro atoms. The fourth-order valence-corrected chi connectivity index (χ4v) is 3.46. The molecule has 0 bridgehead atoms. The number of benzene rings is 2. The number of rotatable bonds is 6. The Balaban J connectivity index is 1.81. The summed E-state index contributed by atoms with van der Waals surface area (Å²) in [6.07, 6.45) is 1.69. The molecule has 0 saturated heterocycles. The topological polar surface area (TPSA) is 58.2 Å². The van der Waals surface area contributed by atoms with Crippen molar-refractivity contribution in [3.05, 3.63) is 93.3 Å². The van der Waals surface area contributed by atoms with Crippen molar-refractivity contribution in [3.63, 3.8) is 0 Å². The van der Waals surface area contributed by atoms with E-state index in [9.17, 15) is 9.59 Å². The molecule has 0 saturated carbocycles. The average Bonchev–Trinajstić information content (AvgIpc) is 3.21. The summed E-state index contributed by atoms with van der Waals surface area (Å²) in [5.41, 5.74) is 3.57. The molecule has 4 nitrogen and oxygen atoms in total. The molecular weight excluding hydrogens is 380 g/mol. The summed E-state index contributed by atoms with van der Waals surface area (Å²) in [5, 5.41) is 7.56. The van der Waals surface area contributed by atoms with Gasteiger partial charge in [-0.1, -0.05) is 49.7 Å². The first-order chi connectivity index (χ1) is 13.9. The van der Waals surface area contributed by atoms with E-state index < -0.39 is 0 Å². The van der Waals surface area contributed by atoms with Gasteiger partial charge < -0.3 is 10.6 Å². The van der Waals surface area contributed by atoms with Gasteiger partial charge in [-0.25, -0.2) is 0 Å². The summed E-state index contributed by atoms with van der Waals surface area (Å²) in [6.45, 7) is 6.17.